The van der Waals surface area contributed by atoms with Gasteiger partial charge in [-0.1, -0.05) is 28.9 Å². The Morgan fingerprint density at radius 1 is 1.06 bits per heavy atom. The van der Waals surface area contributed by atoms with Crippen molar-refractivity contribution in [2.75, 3.05) is 0 Å². The molecule has 2 aromatic rings. The van der Waals surface area contributed by atoms with Gasteiger partial charge < -0.3 is 4.84 Å². The first-order chi connectivity index (χ1) is 8.74. The Labute approximate surface area is 110 Å². The van der Waals surface area contributed by atoms with Crippen LogP contribution in [-0.2, 0) is 11.4 Å². The minimum Gasteiger partial charge on any atom is -0.390 e. The lowest BCUT2D eigenvalue weighted by atomic mass is 10.2. The monoisotopic (exact) mass is 262 g/mol. The van der Waals surface area contributed by atoms with E-state index >= 15 is 0 Å². The molecule has 0 unspecified atom stereocenters. The molecule has 2 nitrogen and oxygen atoms in total. The molecule has 0 N–H and O–H groups in total. The van der Waals surface area contributed by atoms with Crippen molar-refractivity contribution in [1.29, 1.82) is 0 Å². The lowest BCUT2D eigenvalue weighted by Crippen LogP contribution is -1.88. The van der Waals surface area contributed by atoms with Crippen LogP contribution < -0.4 is 0 Å². The molecule has 18 heavy (non-hydrogen) atoms. The van der Waals surface area contributed by atoms with Crippen LogP contribution >= 0.6 is 11.6 Å². The highest BCUT2D eigenvalue weighted by molar-refractivity contribution is 6.30. The summed E-state index contributed by atoms with van der Waals surface area (Å²) < 4.78 is 12.6. The van der Waals surface area contributed by atoms with Gasteiger partial charge in [-0.15, -0.1) is 0 Å². The summed E-state index contributed by atoms with van der Waals surface area (Å²) in [6, 6.07) is 13.1. The molecule has 4 heteroatoms. The van der Waals surface area contributed by atoms with E-state index in [2.05, 4.69) is 11.4 Å². The number of hydrogen-bond acceptors (Lipinski definition) is 2. The molecule has 0 heterocycles. The van der Waals surface area contributed by atoms with Crippen molar-refractivity contribution in [1.82, 2.24) is 0 Å². The van der Waals surface area contributed by atoms with Crippen LogP contribution in [0.3, 0.4) is 0 Å². The van der Waals surface area contributed by atoms with E-state index in [0.717, 1.165) is 5.56 Å². The molecule has 0 saturated carbocycles. The SMILES string of the molecule is Fc1ccc(/[C]=N\OCc2ccc(Cl)cc2)cc1. The van der Waals surface area contributed by atoms with Crippen molar-refractivity contribution in [2.45, 2.75) is 6.61 Å². The quantitative estimate of drug-likeness (QED) is 0.605. The first-order valence-corrected chi connectivity index (χ1v) is 5.70. The summed E-state index contributed by atoms with van der Waals surface area (Å²) in [5.74, 6) is -0.289. The number of nitrogens with zero attached hydrogens (tertiary/aromatic N) is 1. The highest BCUT2D eigenvalue weighted by atomic mass is 35.5. The average Bonchev–Trinajstić information content (AvgIpc) is 2.39. The van der Waals surface area contributed by atoms with Crippen molar-refractivity contribution in [2.24, 2.45) is 5.16 Å². The minimum absolute atomic E-state index is 0.289. The summed E-state index contributed by atoms with van der Waals surface area (Å²) in [7, 11) is 0. The van der Waals surface area contributed by atoms with E-state index in [1.807, 2.05) is 12.1 Å². The molecule has 0 aromatic heterocycles. The molecule has 0 amide bonds. The van der Waals surface area contributed by atoms with Crippen LogP contribution in [0.15, 0.2) is 53.7 Å². The highest BCUT2D eigenvalue weighted by Gasteiger charge is 1.93. The van der Waals surface area contributed by atoms with Crippen molar-refractivity contribution < 1.29 is 9.23 Å². The van der Waals surface area contributed by atoms with Crippen LogP contribution in [0, 0.1) is 5.82 Å². The molecular weight excluding hydrogens is 253 g/mol. The third-order valence-electron chi connectivity index (χ3n) is 2.23. The van der Waals surface area contributed by atoms with Crippen LogP contribution in [-0.4, -0.2) is 6.21 Å². The van der Waals surface area contributed by atoms with Gasteiger partial charge in [-0.25, -0.2) is 4.39 Å². The van der Waals surface area contributed by atoms with E-state index in [-0.39, 0.29) is 5.82 Å². The fourth-order valence-electron chi connectivity index (χ4n) is 1.30. The number of benzene rings is 2. The van der Waals surface area contributed by atoms with Crippen molar-refractivity contribution in [3.05, 3.63) is 70.5 Å². The van der Waals surface area contributed by atoms with Gasteiger partial charge in [0.2, 0.25) is 0 Å². The summed E-state index contributed by atoms with van der Waals surface area (Å²) in [5.41, 5.74) is 1.62. The van der Waals surface area contributed by atoms with E-state index in [9.17, 15) is 4.39 Å². The summed E-state index contributed by atoms with van der Waals surface area (Å²) in [4.78, 5) is 5.07. The molecular formula is C14H10ClFNO. The Kier molecular flexibility index (Phi) is 4.31. The van der Waals surface area contributed by atoms with Crippen LogP contribution in [0.1, 0.15) is 11.1 Å². The second kappa shape index (κ2) is 6.17. The van der Waals surface area contributed by atoms with E-state index in [1.165, 1.54) is 12.1 Å². The molecule has 2 aromatic carbocycles. The van der Waals surface area contributed by atoms with Gasteiger partial charge in [0.25, 0.3) is 0 Å². The predicted molar refractivity (Wildman–Crippen MR) is 69.2 cm³/mol. The predicted octanol–water partition coefficient (Wildman–Crippen LogP) is 3.91. The molecule has 0 aliphatic rings. The maximum atomic E-state index is 12.6. The molecule has 2 rings (SSSR count). The zero-order valence-corrected chi connectivity index (χ0v) is 10.2. The van der Waals surface area contributed by atoms with E-state index in [4.69, 9.17) is 16.4 Å². The van der Waals surface area contributed by atoms with Gasteiger partial charge >= 0.3 is 0 Å². The lowest BCUT2D eigenvalue weighted by Gasteiger charge is -1.99. The molecule has 0 fully saturated rings. The van der Waals surface area contributed by atoms with Gasteiger partial charge in [-0.2, -0.15) is 0 Å². The van der Waals surface area contributed by atoms with E-state index in [1.54, 1.807) is 24.3 Å². The van der Waals surface area contributed by atoms with Crippen LogP contribution in [0.2, 0.25) is 5.02 Å². The molecule has 1 radical (unpaired) electrons. The normalized spacial score (nSPS) is 10.8. The topological polar surface area (TPSA) is 21.6 Å². The van der Waals surface area contributed by atoms with Gasteiger partial charge in [0, 0.05) is 10.6 Å². The molecule has 0 saturated heterocycles. The zero-order chi connectivity index (χ0) is 12.8. The lowest BCUT2D eigenvalue weighted by molar-refractivity contribution is 0.132. The Hall–Kier alpha value is -1.87. The Balaban J connectivity index is 1.84. The summed E-state index contributed by atoms with van der Waals surface area (Å²) >= 11 is 5.76. The Morgan fingerprint density at radius 2 is 1.72 bits per heavy atom. The van der Waals surface area contributed by atoms with Gasteiger partial charge in [0.15, 0.2) is 0 Å². The number of halogens is 2. The van der Waals surface area contributed by atoms with Gasteiger partial charge in [-0.3, -0.25) is 0 Å². The second-order valence-corrected chi connectivity index (χ2v) is 4.05. The standard InChI is InChI=1S/C14H10ClFNO/c15-13-5-1-12(2-6-13)10-18-17-9-11-3-7-14(16)8-4-11/h1-8H,10H2. The maximum absolute atomic E-state index is 12.6. The summed E-state index contributed by atoms with van der Waals surface area (Å²) in [6.45, 7) is 0.339. The molecule has 0 spiro atoms. The molecule has 0 aliphatic carbocycles. The van der Waals surface area contributed by atoms with Crippen LogP contribution in [0.25, 0.3) is 0 Å². The third kappa shape index (κ3) is 3.86. The van der Waals surface area contributed by atoms with Gasteiger partial charge in [-0.05, 0) is 42.0 Å². The van der Waals surface area contributed by atoms with Gasteiger partial charge in [0.05, 0.1) is 0 Å². The highest BCUT2D eigenvalue weighted by Crippen LogP contribution is 2.10. The first kappa shape index (κ1) is 12.6. The first-order valence-electron chi connectivity index (χ1n) is 5.32. The zero-order valence-electron chi connectivity index (χ0n) is 9.44. The largest absolute Gasteiger partial charge is 0.390 e. The molecule has 91 valence electrons. The second-order valence-electron chi connectivity index (χ2n) is 3.61. The number of hydrogen-bond donors (Lipinski definition) is 0. The fourth-order valence-corrected chi connectivity index (χ4v) is 1.42. The summed E-state index contributed by atoms with van der Waals surface area (Å²) in [6.07, 6.45) is 2.66. The third-order valence-corrected chi connectivity index (χ3v) is 2.48. The van der Waals surface area contributed by atoms with Gasteiger partial charge in [0.1, 0.15) is 18.6 Å². The van der Waals surface area contributed by atoms with E-state index < -0.39 is 0 Å². The van der Waals surface area contributed by atoms with Crippen LogP contribution in [0.5, 0.6) is 0 Å². The molecule has 0 atom stereocenters. The smallest absolute Gasteiger partial charge is 0.142 e. The number of rotatable bonds is 4. The molecule has 0 aliphatic heterocycles. The Morgan fingerprint density at radius 3 is 2.39 bits per heavy atom. The van der Waals surface area contributed by atoms with E-state index in [0.29, 0.717) is 17.2 Å². The van der Waals surface area contributed by atoms with Crippen molar-refractivity contribution in [3.63, 3.8) is 0 Å². The van der Waals surface area contributed by atoms with Crippen LogP contribution in [0.4, 0.5) is 4.39 Å². The van der Waals surface area contributed by atoms with Crippen molar-refractivity contribution >= 4 is 17.8 Å². The van der Waals surface area contributed by atoms with Crippen molar-refractivity contribution in [3.8, 4) is 0 Å². The maximum Gasteiger partial charge on any atom is 0.142 e. The summed E-state index contributed by atoms with van der Waals surface area (Å²) in [5, 5.41) is 4.36. The minimum atomic E-state index is -0.289. The average molecular weight is 263 g/mol. The Bertz CT molecular complexity index is 522. The molecule has 0 bridgehead atoms. The fraction of sp³-hybridized carbons (Fsp3) is 0.0714.